The van der Waals surface area contributed by atoms with Crippen molar-refractivity contribution in [2.24, 2.45) is 0 Å². The third-order valence-corrected chi connectivity index (χ3v) is 3.04. The van der Waals surface area contributed by atoms with Crippen LogP contribution in [0.15, 0.2) is 48.7 Å². The largest absolute Gasteiger partial charge is 0.449 e. The fraction of sp³-hybridized carbons (Fsp3) is 0.250. The van der Waals surface area contributed by atoms with Gasteiger partial charge in [-0.1, -0.05) is 23.8 Å². The van der Waals surface area contributed by atoms with Gasteiger partial charge in [0.1, 0.15) is 6.10 Å². The molecule has 1 aromatic heterocycles. The van der Waals surface area contributed by atoms with Crippen molar-refractivity contribution in [3.63, 3.8) is 0 Å². The summed E-state index contributed by atoms with van der Waals surface area (Å²) in [7, 11) is 0. The van der Waals surface area contributed by atoms with Crippen LogP contribution in [0.2, 0.25) is 0 Å². The highest BCUT2D eigenvalue weighted by Gasteiger charge is 2.26. The summed E-state index contributed by atoms with van der Waals surface area (Å²) in [6.45, 7) is 1.39. The lowest BCUT2D eigenvalue weighted by Gasteiger charge is -2.21. The van der Waals surface area contributed by atoms with E-state index in [1.165, 1.54) is 6.20 Å². The second-order valence-corrected chi connectivity index (χ2v) is 4.70. The molecule has 0 aliphatic carbocycles. The van der Waals surface area contributed by atoms with Crippen molar-refractivity contribution in [1.82, 2.24) is 4.98 Å². The normalized spacial score (nSPS) is 13.5. The molecule has 5 nitrogen and oxygen atoms in total. The number of ether oxygens (including phenoxy) is 1. The monoisotopic (exact) mass is 287 g/mol. The zero-order valence-electron chi connectivity index (χ0n) is 11.6. The molecule has 21 heavy (non-hydrogen) atoms. The lowest BCUT2D eigenvalue weighted by atomic mass is 10.1. The number of rotatable bonds is 5. The van der Waals surface area contributed by atoms with Crippen molar-refractivity contribution < 1.29 is 19.7 Å². The van der Waals surface area contributed by atoms with Gasteiger partial charge in [-0.05, 0) is 31.2 Å². The number of nitrogens with zero attached hydrogens (tertiary/aromatic N) is 1. The first-order valence-corrected chi connectivity index (χ1v) is 6.59. The molecule has 0 spiro atoms. The van der Waals surface area contributed by atoms with Crippen LogP contribution < -0.4 is 0 Å². The highest BCUT2D eigenvalue weighted by Crippen LogP contribution is 2.21. The summed E-state index contributed by atoms with van der Waals surface area (Å²) < 4.78 is 5.30. The van der Waals surface area contributed by atoms with Crippen LogP contribution in [-0.2, 0) is 4.74 Å². The van der Waals surface area contributed by atoms with Gasteiger partial charge in [-0.2, -0.15) is 0 Å². The van der Waals surface area contributed by atoms with E-state index in [2.05, 4.69) is 4.98 Å². The molecule has 0 fully saturated rings. The molecule has 2 atom stereocenters. The molecule has 0 unspecified atom stereocenters. The van der Waals surface area contributed by atoms with Gasteiger partial charge in [0.2, 0.25) is 0 Å². The predicted octanol–water partition coefficient (Wildman–Crippen LogP) is 1.64. The summed E-state index contributed by atoms with van der Waals surface area (Å²) in [6.07, 6.45) is -0.703. The zero-order chi connectivity index (χ0) is 15.2. The SMILES string of the molecule is Cc1ccc(C(=O)O[C@H](c2ccccn2)[C@H](O)CO)cc1. The van der Waals surface area contributed by atoms with E-state index < -0.39 is 24.8 Å². The Hall–Kier alpha value is -2.24. The third-order valence-electron chi connectivity index (χ3n) is 3.04. The second-order valence-electron chi connectivity index (χ2n) is 4.70. The number of carbonyl (C=O) groups is 1. The van der Waals surface area contributed by atoms with Crippen LogP contribution in [0.5, 0.6) is 0 Å². The number of aromatic nitrogens is 1. The van der Waals surface area contributed by atoms with Crippen molar-refractivity contribution in [3.05, 3.63) is 65.5 Å². The fourth-order valence-electron chi connectivity index (χ4n) is 1.85. The van der Waals surface area contributed by atoms with E-state index in [4.69, 9.17) is 9.84 Å². The fourth-order valence-corrected chi connectivity index (χ4v) is 1.85. The summed E-state index contributed by atoms with van der Waals surface area (Å²) in [6, 6.07) is 12.0. The molecule has 1 heterocycles. The van der Waals surface area contributed by atoms with Gasteiger partial charge in [-0.25, -0.2) is 4.79 Å². The number of aliphatic hydroxyl groups is 2. The molecule has 0 radical (unpaired) electrons. The van der Waals surface area contributed by atoms with Gasteiger partial charge in [0, 0.05) is 6.20 Å². The number of aryl methyl sites for hydroxylation is 1. The molecule has 2 rings (SSSR count). The van der Waals surface area contributed by atoms with E-state index in [9.17, 15) is 9.90 Å². The average molecular weight is 287 g/mol. The summed E-state index contributed by atoms with van der Waals surface area (Å²) in [4.78, 5) is 16.2. The lowest BCUT2D eigenvalue weighted by Crippen LogP contribution is -2.27. The molecule has 0 saturated heterocycles. The van der Waals surface area contributed by atoms with Gasteiger partial charge in [-0.15, -0.1) is 0 Å². The van der Waals surface area contributed by atoms with E-state index in [0.29, 0.717) is 11.3 Å². The van der Waals surface area contributed by atoms with Crippen LogP contribution in [0.3, 0.4) is 0 Å². The van der Waals surface area contributed by atoms with E-state index >= 15 is 0 Å². The predicted molar refractivity (Wildman–Crippen MR) is 76.7 cm³/mol. The Labute approximate surface area is 122 Å². The summed E-state index contributed by atoms with van der Waals surface area (Å²) in [5.74, 6) is -0.571. The first-order valence-electron chi connectivity index (χ1n) is 6.59. The van der Waals surface area contributed by atoms with Crippen LogP contribution in [-0.4, -0.2) is 33.9 Å². The molecule has 0 aliphatic rings. The summed E-state index contributed by atoms with van der Waals surface area (Å²) in [5.41, 5.74) is 1.80. The number of hydrogen-bond donors (Lipinski definition) is 2. The van der Waals surface area contributed by atoms with Gasteiger partial charge < -0.3 is 14.9 Å². The maximum Gasteiger partial charge on any atom is 0.338 e. The zero-order valence-corrected chi connectivity index (χ0v) is 11.6. The van der Waals surface area contributed by atoms with E-state index in [1.54, 1.807) is 42.5 Å². The first-order chi connectivity index (χ1) is 10.1. The number of pyridine rings is 1. The Bertz CT molecular complexity index is 583. The molecule has 0 amide bonds. The molecular weight excluding hydrogens is 270 g/mol. The quantitative estimate of drug-likeness (QED) is 0.817. The van der Waals surface area contributed by atoms with Crippen LogP contribution in [0.25, 0.3) is 0 Å². The van der Waals surface area contributed by atoms with Crippen molar-refractivity contribution in [2.75, 3.05) is 6.61 Å². The Balaban J connectivity index is 2.19. The summed E-state index contributed by atoms with van der Waals surface area (Å²) >= 11 is 0. The van der Waals surface area contributed by atoms with E-state index in [1.807, 2.05) is 6.92 Å². The van der Waals surface area contributed by atoms with Crippen molar-refractivity contribution in [1.29, 1.82) is 0 Å². The number of esters is 1. The molecule has 0 aliphatic heterocycles. The third kappa shape index (κ3) is 3.87. The number of hydrogen-bond acceptors (Lipinski definition) is 5. The molecule has 1 aromatic carbocycles. The summed E-state index contributed by atoms with van der Waals surface area (Å²) in [5, 5.41) is 19.0. The minimum absolute atomic E-state index is 0.381. The van der Waals surface area contributed by atoms with Gasteiger partial charge >= 0.3 is 5.97 Å². The number of benzene rings is 1. The number of carbonyl (C=O) groups excluding carboxylic acids is 1. The highest BCUT2D eigenvalue weighted by molar-refractivity contribution is 5.89. The van der Waals surface area contributed by atoms with E-state index in [-0.39, 0.29) is 0 Å². The second kappa shape index (κ2) is 6.97. The van der Waals surface area contributed by atoms with Crippen LogP contribution >= 0.6 is 0 Å². The minimum atomic E-state index is -1.23. The molecule has 110 valence electrons. The smallest absolute Gasteiger partial charge is 0.338 e. The van der Waals surface area contributed by atoms with Crippen LogP contribution in [0, 0.1) is 6.92 Å². The standard InChI is InChI=1S/C16H17NO4/c1-11-5-7-12(8-6-11)16(20)21-15(14(19)10-18)13-4-2-3-9-17-13/h2-9,14-15,18-19H,10H2,1H3/t14-,15-/m1/s1. The maximum atomic E-state index is 12.1. The van der Waals surface area contributed by atoms with E-state index in [0.717, 1.165) is 5.56 Å². The van der Waals surface area contributed by atoms with Crippen LogP contribution in [0.1, 0.15) is 27.7 Å². The first kappa shape index (κ1) is 15.2. The Morgan fingerprint density at radius 2 is 1.95 bits per heavy atom. The van der Waals surface area contributed by atoms with Gasteiger partial charge in [-0.3, -0.25) is 4.98 Å². The van der Waals surface area contributed by atoms with Crippen molar-refractivity contribution in [3.8, 4) is 0 Å². The molecular formula is C16H17NO4. The number of aliphatic hydroxyl groups excluding tert-OH is 2. The van der Waals surface area contributed by atoms with Crippen molar-refractivity contribution >= 4 is 5.97 Å². The lowest BCUT2D eigenvalue weighted by molar-refractivity contribution is -0.0402. The Morgan fingerprint density at radius 1 is 1.24 bits per heavy atom. The van der Waals surface area contributed by atoms with Gasteiger partial charge in [0.05, 0.1) is 17.9 Å². The maximum absolute atomic E-state index is 12.1. The van der Waals surface area contributed by atoms with Gasteiger partial charge in [0.25, 0.3) is 0 Å². The molecule has 5 heteroatoms. The Kier molecular flexibility index (Phi) is 5.03. The molecule has 0 saturated carbocycles. The van der Waals surface area contributed by atoms with Crippen LogP contribution in [0.4, 0.5) is 0 Å². The Morgan fingerprint density at radius 3 is 2.52 bits per heavy atom. The average Bonchev–Trinajstić information content (AvgIpc) is 2.53. The molecule has 2 N–H and O–H groups in total. The highest BCUT2D eigenvalue weighted by atomic mass is 16.6. The minimum Gasteiger partial charge on any atom is -0.449 e. The van der Waals surface area contributed by atoms with Crippen molar-refractivity contribution in [2.45, 2.75) is 19.1 Å². The molecule has 0 bridgehead atoms. The topological polar surface area (TPSA) is 79.7 Å². The van der Waals surface area contributed by atoms with Gasteiger partial charge in [0.15, 0.2) is 6.10 Å². The molecule has 2 aromatic rings.